The third kappa shape index (κ3) is 1.70. The summed E-state index contributed by atoms with van der Waals surface area (Å²) in [4.78, 5) is 26.1. The van der Waals surface area contributed by atoms with Gasteiger partial charge in [0.05, 0.1) is 17.0 Å². The number of carbonyl (C=O) groups excluding carboxylic acids is 1. The Morgan fingerprint density at radius 3 is 3.06 bits per heavy atom. The van der Waals surface area contributed by atoms with E-state index >= 15 is 0 Å². The molecule has 0 spiro atoms. The summed E-state index contributed by atoms with van der Waals surface area (Å²) in [5.74, 6) is 0.00579. The molecule has 0 atom stereocenters. The van der Waals surface area contributed by atoms with Gasteiger partial charge in [0.25, 0.3) is 11.5 Å². The summed E-state index contributed by atoms with van der Waals surface area (Å²) in [5, 5.41) is 7.29. The van der Waals surface area contributed by atoms with Crippen molar-refractivity contribution in [2.45, 2.75) is 13.0 Å². The second-order valence-electron chi connectivity index (χ2n) is 3.99. The number of H-pyrrole nitrogens is 2. The van der Waals surface area contributed by atoms with Crippen LogP contribution in [0.1, 0.15) is 20.9 Å². The summed E-state index contributed by atoms with van der Waals surface area (Å²) in [6.07, 6.45) is 0.700. The van der Waals surface area contributed by atoms with Gasteiger partial charge < -0.3 is 10.00 Å². The van der Waals surface area contributed by atoms with E-state index in [2.05, 4.69) is 10.2 Å². The highest BCUT2D eigenvalue weighted by molar-refractivity contribution is 7.12. The summed E-state index contributed by atoms with van der Waals surface area (Å²) in [6.45, 7) is 1.04. The number of rotatable bonds is 1. The van der Waals surface area contributed by atoms with Crippen LogP contribution in [0.4, 0.5) is 0 Å². The maximum atomic E-state index is 12.1. The van der Waals surface area contributed by atoms with Crippen LogP contribution >= 0.6 is 11.3 Å². The fraction of sp³-hybridized carbons (Fsp3) is 0.273. The first-order valence-electron chi connectivity index (χ1n) is 5.37. The predicted molar refractivity (Wildman–Crippen MR) is 64.2 cm³/mol. The fourth-order valence-electron chi connectivity index (χ4n) is 2.05. The van der Waals surface area contributed by atoms with E-state index in [4.69, 9.17) is 0 Å². The Hall–Kier alpha value is -1.82. The van der Waals surface area contributed by atoms with Crippen LogP contribution < -0.4 is 5.56 Å². The van der Waals surface area contributed by atoms with E-state index in [1.54, 1.807) is 4.90 Å². The van der Waals surface area contributed by atoms with Gasteiger partial charge in [0.2, 0.25) is 0 Å². The van der Waals surface area contributed by atoms with Crippen LogP contribution in [0.25, 0.3) is 0 Å². The molecule has 0 aliphatic carbocycles. The lowest BCUT2D eigenvalue weighted by Crippen LogP contribution is -2.37. The molecule has 0 radical (unpaired) electrons. The Kier molecular flexibility index (Phi) is 2.36. The van der Waals surface area contributed by atoms with Crippen molar-refractivity contribution in [1.29, 1.82) is 0 Å². The Labute approximate surface area is 101 Å². The first kappa shape index (κ1) is 10.3. The average Bonchev–Trinajstić information content (AvgIpc) is 2.98. The molecule has 0 fully saturated rings. The molecule has 1 amide bonds. The summed E-state index contributed by atoms with van der Waals surface area (Å²) in [5.41, 5.74) is 1.48. The third-order valence-electron chi connectivity index (χ3n) is 2.97. The lowest BCUT2D eigenvalue weighted by Gasteiger charge is -2.25. The highest BCUT2D eigenvalue weighted by Crippen LogP contribution is 2.18. The van der Waals surface area contributed by atoms with Crippen molar-refractivity contribution in [3.63, 3.8) is 0 Å². The minimum absolute atomic E-state index is 0.00579. The van der Waals surface area contributed by atoms with E-state index in [1.165, 1.54) is 11.3 Å². The summed E-state index contributed by atoms with van der Waals surface area (Å²) in [6, 6.07) is 3.67. The Morgan fingerprint density at radius 2 is 2.29 bits per heavy atom. The molecule has 88 valence electrons. The average molecular weight is 249 g/mol. The molecular weight excluding hydrogens is 238 g/mol. The highest BCUT2D eigenvalue weighted by atomic mass is 32.1. The molecule has 2 aromatic heterocycles. The van der Waals surface area contributed by atoms with Crippen LogP contribution in [0, 0.1) is 0 Å². The molecule has 1 aliphatic rings. The highest BCUT2D eigenvalue weighted by Gasteiger charge is 2.25. The molecule has 0 aromatic carbocycles. The van der Waals surface area contributed by atoms with Gasteiger partial charge in [-0.25, -0.2) is 0 Å². The normalized spacial score (nSPS) is 14.7. The van der Waals surface area contributed by atoms with E-state index in [0.29, 0.717) is 25.1 Å². The van der Waals surface area contributed by atoms with Crippen molar-refractivity contribution in [1.82, 2.24) is 15.1 Å². The second-order valence-corrected chi connectivity index (χ2v) is 4.94. The zero-order valence-corrected chi connectivity index (χ0v) is 9.84. The molecule has 2 aromatic rings. The summed E-state index contributed by atoms with van der Waals surface area (Å²) in [7, 11) is 0. The zero-order chi connectivity index (χ0) is 11.8. The first-order valence-corrected chi connectivity index (χ1v) is 6.25. The molecule has 17 heavy (non-hydrogen) atoms. The fourth-order valence-corrected chi connectivity index (χ4v) is 2.74. The van der Waals surface area contributed by atoms with Gasteiger partial charge in [-0.05, 0) is 11.4 Å². The summed E-state index contributed by atoms with van der Waals surface area (Å²) < 4.78 is 0. The van der Waals surface area contributed by atoms with Crippen LogP contribution in [0.15, 0.2) is 22.3 Å². The molecule has 0 unspecified atom stereocenters. The molecule has 3 rings (SSSR count). The van der Waals surface area contributed by atoms with Crippen molar-refractivity contribution >= 4 is 17.2 Å². The summed E-state index contributed by atoms with van der Waals surface area (Å²) >= 11 is 1.43. The van der Waals surface area contributed by atoms with Gasteiger partial charge in [0.1, 0.15) is 0 Å². The van der Waals surface area contributed by atoms with Gasteiger partial charge >= 0.3 is 0 Å². The smallest absolute Gasteiger partial charge is 0.269 e. The quantitative estimate of drug-likeness (QED) is 0.790. The molecule has 1 aliphatic heterocycles. The predicted octanol–water partition coefficient (Wildman–Crippen LogP) is 0.963. The Balaban J connectivity index is 1.87. The Morgan fingerprint density at radius 1 is 1.41 bits per heavy atom. The first-order chi connectivity index (χ1) is 8.25. The molecular formula is C11H11N3O2S. The number of fused-ring (bicyclic) bond motifs is 1. The van der Waals surface area contributed by atoms with E-state index in [-0.39, 0.29) is 11.5 Å². The van der Waals surface area contributed by atoms with Crippen molar-refractivity contribution < 1.29 is 4.79 Å². The SMILES string of the molecule is O=C(c1cccs1)N1CCc2[nH][nH]c(=O)c2C1. The standard InChI is InChI=1S/C11H11N3O2S/c15-10-7-6-14(4-3-8(7)12-13-10)11(16)9-2-1-5-17-9/h1-2,5H,3-4,6H2,(H2,12,13,15). The maximum Gasteiger partial charge on any atom is 0.269 e. The number of hydrogen-bond acceptors (Lipinski definition) is 3. The maximum absolute atomic E-state index is 12.1. The van der Waals surface area contributed by atoms with E-state index in [0.717, 1.165) is 10.6 Å². The van der Waals surface area contributed by atoms with Crippen LogP contribution in [0.3, 0.4) is 0 Å². The third-order valence-corrected chi connectivity index (χ3v) is 3.82. The largest absolute Gasteiger partial charge is 0.333 e. The number of thiophene rings is 1. The molecule has 0 bridgehead atoms. The van der Waals surface area contributed by atoms with E-state index in [9.17, 15) is 9.59 Å². The zero-order valence-electron chi connectivity index (χ0n) is 9.03. The van der Waals surface area contributed by atoms with Gasteiger partial charge in [-0.2, -0.15) is 0 Å². The number of aromatic amines is 2. The lowest BCUT2D eigenvalue weighted by atomic mass is 10.1. The minimum Gasteiger partial charge on any atom is -0.333 e. The van der Waals surface area contributed by atoms with Gasteiger partial charge in [-0.3, -0.25) is 14.7 Å². The van der Waals surface area contributed by atoms with Crippen LogP contribution in [-0.4, -0.2) is 27.5 Å². The van der Waals surface area contributed by atoms with Gasteiger partial charge in [-0.1, -0.05) is 6.07 Å². The van der Waals surface area contributed by atoms with Crippen LogP contribution in [0.5, 0.6) is 0 Å². The van der Waals surface area contributed by atoms with Crippen LogP contribution in [-0.2, 0) is 13.0 Å². The monoisotopic (exact) mass is 249 g/mol. The molecule has 2 N–H and O–H groups in total. The minimum atomic E-state index is -0.122. The van der Waals surface area contributed by atoms with Gasteiger partial charge in [0, 0.05) is 18.7 Å². The molecule has 0 saturated heterocycles. The second kappa shape index (κ2) is 3.89. The van der Waals surface area contributed by atoms with Crippen LogP contribution in [0.2, 0.25) is 0 Å². The Bertz CT molecular complexity index is 597. The molecule has 5 nitrogen and oxygen atoms in total. The molecule has 0 saturated carbocycles. The molecule has 3 heterocycles. The number of hydrogen-bond donors (Lipinski definition) is 2. The number of amides is 1. The van der Waals surface area contributed by atoms with Crippen molar-refractivity contribution in [3.05, 3.63) is 44.0 Å². The lowest BCUT2D eigenvalue weighted by molar-refractivity contribution is 0.0739. The van der Waals surface area contributed by atoms with E-state index < -0.39 is 0 Å². The van der Waals surface area contributed by atoms with E-state index in [1.807, 2.05) is 17.5 Å². The number of nitrogens with one attached hydrogen (secondary N) is 2. The van der Waals surface area contributed by atoms with Crippen molar-refractivity contribution in [2.24, 2.45) is 0 Å². The van der Waals surface area contributed by atoms with Crippen molar-refractivity contribution in [2.75, 3.05) is 6.54 Å². The van der Waals surface area contributed by atoms with Crippen molar-refractivity contribution in [3.8, 4) is 0 Å². The number of nitrogens with zero attached hydrogens (tertiary/aromatic N) is 1. The number of aromatic nitrogens is 2. The van der Waals surface area contributed by atoms with Gasteiger partial charge in [0.15, 0.2) is 0 Å². The molecule has 6 heteroatoms. The van der Waals surface area contributed by atoms with Gasteiger partial charge in [-0.15, -0.1) is 11.3 Å². The number of carbonyl (C=O) groups is 1. The topological polar surface area (TPSA) is 69.0 Å².